The van der Waals surface area contributed by atoms with E-state index >= 15 is 0 Å². The molecule has 1 aromatic rings. The third kappa shape index (κ3) is 2.69. The van der Waals surface area contributed by atoms with E-state index in [1.807, 2.05) is 0 Å². The number of carbonyl (C=O) groups excluding carboxylic acids is 2. The van der Waals surface area contributed by atoms with E-state index in [0.717, 1.165) is 6.07 Å². The fourth-order valence-electron chi connectivity index (χ4n) is 1.54. The predicted molar refractivity (Wildman–Crippen MR) is 58.0 cm³/mol. The number of Topliss-reactive ketones (excluding diaryl/α,β-unsaturated/α-hetero) is 1. The van der Waals surface area contributed by atoms with Gasteiger partial charge in [0.1, 0.15) is 5.75 Å². The second kappa shape index (κ2) is 5.20. The maximum Gasteiger partial charge on any atom is 0.417 e. The van der Waals surface area contributed by atoms with Crippen LogP contribution in [-0.4, -0.2) is 18.7 Å². The minimum atomic E-state index is -4.67. The molecule has 0 aliphatic carbocycles. The van der Waals surface area contributed by atoms with Crippen molar-refractivity contribution < 1.29 is 27.5 Å². The number of hydrogen-bond donors (Lipinski definition) is 0. The average Bonchev–Trinajstić information content (AvgIpc) is 2.27. The summed E-state index contributed by atoms with van der Waals surface area (Å²) in [6, 6.07) is 1.73. The summed E-state index contributed by atoms with van der Waals surface area (Å²) < 4.78 is 43.1. The molecule has 0 aliphatic rings. The van der Waals surface area contributed by atoms with Crippen LogP contribution in [0.3, 0.4) is 0 Å². The maximum absolute atomic E-state index is 12.7. The first-order valence-electron chi connectivity index (χ1n) is 5.16. The molecule has 0 bridgehead atoms. The number of ketones is 1. The lowest BCUT2D eigenvalue weighted by molar-refractivity contribution is -0.138. The van der Waals surface area contributed by atoms with Crippen molar-refractivity contribution in [3.05, 3.63) is 28.8 Å². The molecular formula is C12H11F3O3. The Labute approximate surface area is 102 Å². The lowest BCUT2D eigenvalue weighted by Gasteiger charge is -2.15. The molecule has 1 aromatic carbocycles. The van der Waals surface area contributed by atoms with E-state index in [1.54, 1.807) is 6.92 Å². The average molecular weight is 260 g/mol. The summed E-state index contributed by atoms with van der Waals surface area (Å²) in [5.41, 5.74) is -1.78. The number of aldehydes is 1. The highest BCUT2D eigenvalue weighted by atomic mass is 19.4. The number of halogens is 3. The Hall–Kier alpha value is -1.85. The topological polar surface area (TPSA) is 43.4 Å². The lowest BCUT2D eigenvalue weighted by atomic mass is 10.0. The molecule has 0 saturated heterocycles. The molecule has 0 fully saturated rings. The molecule has 0 radical (unpaired) electrons. The zero-order chi connectivity index (χ0) is 13.9. The summed E-state index contributed by atoms with van der Waals surface area (Å²) in [6.07, 6.45) is -4.61. The Morgan fingerprint density at radius 3 is 2.39 bits per heavy atom. The van der Waals surface area contributed by atoms with E-state index in [9.17, 15) is 22.8 Å². The highest BCUT2D eigenvalue weighted by Crippen LogP contribution is 2.37. The molecule has 6 heteroatoms. The van der Waals surface area contributed by atoms with Gasteiger partial charge >= 0.3 is 6.18 Å². The predicted octanol–water partition coefficient (Wildman–Crippen LogP) is 3.12. The Bertz CT molecular complexity index is 478. The van der Waals surface area contributed by atoms with Crippen LogP contribution < -0.4 is 4.74 Å². The summed E-state index contributed by atoms with van der Waals surface area (Å²) >= 11 is 0. The van der Waals surface area contributed by atoms with Gasteiger partial charge in [0, 0.05) is 0 Å². The maximum atomic E-state index is 12.7. The van der Waals surface area contributed by atoms with Crippen molar-refractivity contribution >= 4 is 12.1 Å². The molecule has 98 valence electrons. The molecule has 0 aromatic heterocycles. The van der Waals surface area contributed by atoms with Gasteiger partial charge in [0.05, 0.1) is 23.3 Å². The molecule has 0 spiro atoms. The molecule has 0 amide bonds. The summed E-state index contributed by atoms with van der Waals surface area (Å²) in [5, 5.41) is 0. The summed E-state index contributed by atoms with van der Waals surface area (Å²) in [6.45, 7) is 2.81. The first-order chi connectivity index (χ1) is 8.32. The van der Waals surface area contributed by atoms with Crippen molar-refractivity contribution in [1.29, 1.82) is 0 Å². The van der Waals surface area contributed by atoms with Crippen LogP contribution in [0.1, 0.15) is 40.1 Å². The van der Waals surface area contributed by atoms with Crippen LogP contribution in [0.2, 0.25) is 0 Å². The van der Waals surface area contributed by atoms with Crippen LogP contribution in [0.5, 0.6) is 5.75 Å². The van der Waals surface area contributed by atoms with Crippen LogP contribution in [0.25, 0.3) is 0 Å². The van der Waals surface area contributed by atoms with Crippen LogP contribution in [0, 0.1) is 0 Å². The summed E-state index contributed by atoms with van der Waals surface area (Å²) in [7, 11) is 0. The zero-order valence-electron chi connectivity index (χ0n) is 9.80. The van der Waals surface area contributed by atoms with Crippen molar-refractivity contribution in [3.63, 3.8) is 0 Å². The molecule has 3 nitrogen and oxygen atoms in total. The molecule has 0 saturated carbocycles. The molecule has 0 N–H and O–H groups in total. The zero-order valence-corrected chi connectivity index (χ0v) is 9.80. The monoisotopic (exact) mass is 260 g/mol. The third-order valence-electron chi connectivity index (χ3n) is 2.29. The molecule has 0 atom stereocenters. The number of benzene rings is 1. The number of carbonyl (C=O) groups is 2. The molecule has 1 rings (SSSR count). The second-order valence-electron chi connectivity index (χ2n) is 3.51. The van der Waals surface area contributed by atoms with Crippen LogP contribution >= 0.6 is 0 Å². The van der Waals surface area contributed by atoms with Gasteiger partial charge in [0.25, 0.3) is 0 Å². The van der Waals surface area contributed by atoms with E-state index in [2.05, 4.69) is 0 Å². The number of rotatable bonds is 4. The highest BCUT2D eigenvalue weighted by molar-refractivity contribution is 6.00. The first-order valence-corrected chi connectivity index (χ1v) is 5.16. The van der Waals surface area contributed by atoms with Crippen LogP contribution in [0.4, 0.5) is 13.2 Å². The van der Waals surface area contributed by atoms with Gasteiger partial charge in [-0.25, -0.2) is 0 Å². The number of ether oxygens (including phenoxy) is 1. The van der Waals surface area contributed by atoms with Crippen LogP contribution in [0.15, 0.2) is 12.1 Å². The van der Waals surface area contributed by atoms with Gasteiger partial charge in [-0.3, -0.25) is 9.59 Å². The SMILES string of the molecule is CCOc1c(C(C)=O)ccc(C(F)(F)F)c1C=O. The fourth-order valence-corrected chi connectivity index (χ4v) is 1.54. The van der Waals surface area contributed by atoms with Crippen LogP contribution in [-0.2, 0) is 6.18 Å². The molecule has 18 heavy (non-hydrogen) atoms. The Kier molecular flexibility index (Phi) is 4.11. The number of alkyl halides is 3. The van der Waals surface area contributed by atoms with Gasteiger partial charge in [-0.05, 0) is 26.0 Å². The number of hydrogen-bond acceptors (Lipinski definition) is 3. The Morgan fingerprint density at radius 1 is 1.39 bits per heavy atom. The minimum absolute atomic E-state index is 0.0352. The Balaban J connectivity index is 3.57. The molecule has 0 heterocycles. The fraction of sp³-hybridized carbons (Fsp3) is 0.333. The van der Waals surface area contributed by atoms with Gasteiger partial charge in [0.2, 0.25) is 0 Å². The third-order valence-corrected chi connectivity index (χ3v) is 2.29. The Morgan fingerprint density at radius 2 is 2.00 bits per heavy atom. The second-order valence-corrected chi connectivity index (χ2v) is 3.51. The van der Waals surface area contributed by atoms with Gasteiger partial charge in [-0.2, -0.15) is 13.2 Å². The van der Waals surface area contributed by atoms with Crippen molar-refractivity contribution in [2.75, 3.05) is 6.61 Å². The van der Waals surface area contributed by atoms with Crippen molar-refractivity contribution in [1.82, 2.24) is 0 Å². The normalized spacial score (nSPS) is 11.2. The largest absolute Gasteiger partial charge is 0.492 e. The van der Waals surface area contributed by atoms with E-state index in [4.69, 9.17) is 4.74 Å². The standard InChI is InChI=1S/C12H11F3O3/c1-3-18-11-8(7(2)17)4-5-10(9(11)6-16)12(13,14)15/h4-6H,3H2,1-2H3. The van der Waals surface area contributed by atoms with Crippen molar-refractivity contribution in [2.24, 2.45) is 0 Å². The highest BCUT2D eigenvalue weighted by Gasteiger charge is 2.35. The van der Waals surface area contributed by atoms with E-state index in [-0.39, 0.29) is 24.2 Å². The van der Waals surface area contributed by atoms with E-state index < -0.39 is 23.1 Å². The molecular weight excluding hydrogens is 249 g/mol. The smallest absolute Gasteiger partial charge is 0.417 e. The molecule has 0 unspecified atom stereocenters. The minimum Gasteiger partial charge on any atom is -0.492 e. The van der Waals surface area contributed by atoms with Crippen molar-refractivity contribution in [2.45, 2.75) is 20.0 Å². The lowest BCUT2D eigenvalue weighted by Crippen LogP contribution is -2.13. The van der Waals surface area contributed by atoms with E-state index in [0.29, 0.717) is 6.07 Å². The van der Waals surface area contributed by atoms with Gasteiger partial charge in [0.15, 0.2) is 12.1 Å². The first kappa shape index (κ1) is 14.2. The van der Waals surface area contributed by atoms with Gasteiger partial charge in [-0.15, -0.1) is 0 Å². The van der Waals surface area contributed by atoms with Gasteiger partial charge in [-0.1, -0.05) is 0 Å². The van der Waals surface area contributed by atoms with Crippen molar-refractivity contribution in [3.8, 4) is 5.75 Å². The quantitative estimate of drug-likeness (QED) is 0.617. The van der Waals surface area contributed by atoms with E-state index in [1.165, 1.54) is 6.92 Å². The summed E-state index contributed by atoms with van der Waals surface area (Å²) in [5.74, 6) is -0.773. The summed E-state index contributed by atoms with van der Waals surface area (Å²) in [4.78, 5) is 22.1. The van der Waals surface area contributed by atoms with Gasteiger partial charge < -0.3 is 4.74 Å². The molecule has 0 aliphatic heterocycles.